The number of hydrogen-bond acceptors (Lipinski definition) is 3. The highest BCUT2D eigenvalue weighted by Gasteiger charge is 2.62. The molecule has 6 heteroatoms. The van der Waals surface area contributed by atoms with Gasteiger partial charge in [-0.05, 0) is 67.2 Å². The third kappa shape index (κ3) is 2.66. The first-order valence-corrected chi connectivity index (χ1v) is 8.44. The molecule has 0 radical (unpaired) electrons. The number of nitrogens with one attached hydrogen (secondary N) is 2. The van der Waals surface area contributed by atoms with Crippen molar-refractivity contribution < 1.29 is 19.5 Å². The fourth-order valence-corrected chi connectivity index (χ4v) is 4.70. The van der Waals surface area contributed by atoms with Crippen LogP contribution >= 0.6 is 0 Å². The number of benzene rings is 1. The van der Waals surface area contributed by atoms with E-state index in [1.165, 1.54) is 12.8 Å². The Hall–Kier alpha value is -2.37. The van der Waals surface area contributed by atoms with E-state index in [9.17, 15) is 14.4 Å². The van der Waals surface area contributed by atoms with E-state index in [1.54, 1.807) is 24.3 Å². The Balaban J connectivity index is 1.34. The third-order valence-electron chi connectivity index (χ3n) is 5.85. The number of carboxylic acid groups (broad SMARTS) is 1. The fraction of sp³-hybridized carbons (Fsp3) is 0.500. The quantitative estimate of drug-likeness (QED) is 0.767. The number of carbonyl (C=O) groups is 3. The van der Waals surface area contributed by atoms with Crippen molar-refractivity contribution in [3.63, 3.8) is 0 Å². The second kappa shape index (κ2) is 5.61. The maximum absolute atomic E-state index is 12.5. The van der Waals surface area contributed by atoms with Crippen molar-refractivity contribution >= 4 is 23.5 Å². The summed E-state index contributed by atoms with van der Waals surface area (Å²) in [5.41, 5.74) is 1.04. The summed E-state index contributed by atoms with van der Waals surface area (Å²) in [5, 5.41) is 13.8. The first kappa shape index (κ1) is 15.2. The first-order valence-electron chi connectivity index (χ1n) is 8.44. The summed E-state index contributed by atoms with van der Waals surface area (Å²) in [6.45, 7) is -0.413. The van der Waals surface area contributed by atoms with E-state index in [4.69, 9.17) is 5.11 Å². The van der Waals surface area contributed by atoms with Crippen LogP contribution in [0.4, 0.5) is 5.69 Å². The van der Waals surface area contributed by atoms with E-state index in [2.05, 4.69) is 10.6 Å². The minimum Gasteiger partial charge on any atom is -0.480 e. The van der Waals surface area contributed by atoms with Crippen molar-refractivity contribution in [2.45, 2.75) is 19.3 Å². The van der Waals surface area contributed by atoms with Crippen LogP contribution < -0.4 is 10.6 Å². The highest BCUT2D eigenvalue weighted by Crippen LogP contribution is 2.67. The van der Waals surface area contributed by atoms with Crippen LogP contribution in [0, 0.1) is 29.6 Å². The molecule has 5 unspecified atom stereocenters. The molecule has 0 aromatic heterocycles. The Morgan fingerprint density at radius 2 is 1.75 bits per heavy atom. The van der Waals surface area contributed by atoms with E-state index in [1.807, 2.05) is 0 Å². The van der Waals surface area contributed by atoms with Gasteiger partial charge in [0.2, 0.25) is 5.91 Å². The molecule has 0 saturated heterocycles. The topological polar surface area (TPSA) is 95.5 Å². The number of anilines is 1. The van der Waals surface area contributed by atoms with Gasteiger partial charge >= 0.3 is 5.97 Å². The number of fused-ring (bicyclic) bond motifs is 5. The van der Waals surface area contributed by atoms with Gasteiger partial charge < -0.3 is 15.7 Å². The van der Waals surface area contributed by atoms with E-state index in [-0.39, 0.29) is 11.8 Å². The number of amides is 2. The predicted molar refractivity (Wildman–Crippen MR) is 86.3 cm³/mol. The second-order valence-corrected chi connectivity index (χ2v) is 7.21. The standard InChI is InChI=1S/C18H20N2O4/c21-16(22)8-19-17(23)9-1-3-11(4-2-9)20-18(24)15-6-10-5-13(15)14-7-12(10)14/h1-4,10,12-15H,5-8H2,(H,19,23)(H,20,24)(H,21,22). The Labute approximate surface area is 139 Å². The van der Waals surface area contributed by atoms with Crippen molar-refractivity contribution in [1.82, 2.24) is 5.32 Å². The Morgan fingerprint density at radius 1 is 1.00 bits per heavy atom. The molecule has 126 valence electrons. The van der Waals surface area contributed by atoms with Gasteiger partial charge in [0, 0.05) is 17.2 Å². The summed E-state index contributed by atoms with van der Waals surface area (Å²) in [4.78, 5) is 34.7. The zero-order valence-electron chi connectivity index (χ0n) is 13.2. The van der Waals surface area contributed by atoms with Crippen LogP contribution in [0.1, 0.15) is 29.6 Å². The minimum absolute atomic E-state index is 0.0935. The number of aliphatic carboxylic acids is 1. The van der Waals surface area contributed by atoms with Crippen molar-refractivity contribution in [3.8, 4) is 0 Å². The molecule has 4 rings (SSSR count). The van der Waals surface area contributed by atoms with Crippen LogP contribution in [0.25, 0.3) is 0 Å². The monoisotopic (exact) mass is 328 g/mol. The molecule has 2 amide bonds. The highest BCUT2D eigenvalue weighted by atomic mass is 16.4. The molecule has 1 aromatic rings. The van der Waals surface area contributed by atoms with Crippen LogP contribution in [0.15, 0.2) is 24.3 Å². The molecular formula is C18H20N2O4. The normalized spacial score (nSPS) is 32.1. The lowest BCUT2D eigenvalue weighted by atomic mass is 9.88. The average molecular weight is 328 g/mol. The lowest BCUT2D eigenvalue weighted by Crippen LogP contribution is -2.29. The summed E-state index contributed by atoms with van der Waals surface area (Å²) in [6, 6.07) is 6.54. The van der Waals surface area contributed by atoms with Crippen LogP contribution in [0.2, 0.25) is 0 Å². The smallest absolute Gasteiger partial charge is 0.322 e. The van der Waals surface area contributed by atoms with E-state index >= 15 is 0 Å². The van der Waals surface area contributed by atoms with Gasteiger partial charge in [-0.3, -0.25) is 14.4 Å². The maximum Gasteiger partial charge on any atom is 0.322 e. The molecule has 3 fully saturated rings. The van der Waals surface area contributed by atoms with E-state index in [0.29, 0.717) is 17.2 Å². The molecule has 5 atom stereocenters. The van der Waals surface area contributed by atoms with E-state index in [0.717, 1.165) is 24.2 Å². The molecule has 3 saturated carbocycles. The number of carboxylic acids is 1. The van der Waals surface area contributed by atoms with Crippen molar-refractivity contribution in [1.29, 1.82) is 0 Å². The van der Waals surface area contributed by atoms with Crippen LogP contribution in [-0.4, -0.2) is 29.4 Å². The molecule has 2 bridgehead atoms. The highest BCUT2D eigenvalue weighted by molar-refractivity contribution is 5.97. The van der Waals surface area contributed by atoms with Gasteiger partial charge in [-0.25, -0.2) is 0 Å². The number of carbonyl (C=O) groups excluding carboxylic acids is 2. The van der Waals surface area contributed by atoms with Gasteiger partial charge in [0.25, 0.3) is 5.91 Å². The summed E-state index contributed by atoms with van der Waals surface area (Å²) < 4.78 is 0. The molecule has 0 spiro atoms. The lowest BCUT2D eigenvalue weighted by molar-refractivity contribution is -0.135. The molecule has 3 aliphatic rings. The molecular weight excluding hydrogens is 308 g/mol. The van der Waals surface area contributed by atoms with Crippen molar-refractivity contribution in [2.24, 2.45) is 29.6 Å². The molecule has 1 aromatic carbocycles. The molecule has 24 heavy (non-hydrogen) atoms. The van der Waals surface area contributed by atoms with Gasteiger partial charge in [-0.1, -0.05) is 0 Å². The van der Waals surface area contributed by atoms with Crippen molar-refractivity contribution in [3.05, 3.63) is 29.8 Å². The largest absolute Gasteiger partial charge is 0.480 e. The Morgan fingerprint density at radius 3 is 2.38 bits per heavy atom. The summed E-state index contributed by atoms with van der Waals surface area (Å²) in [6.07, 6.45) is 3.56. The summed E-state index contributed by atoms with van der Waals surface area (Å²) in [5.74, 6) is 1.73. The zero-order chi connectivity index (χ0) is 16.8. The maximum atomic E-state index is 12.5. The molecule has 0 aliphatic heterocycles. The Bertz CT molecular complexity index is 699. The lowest BCUT2D eigenvalue weighted by Gasteiger charge is -2.20. The zero-order valence-corrected chi connectivity index (χ0v) is 13.2. The van der Waals surface area contributed by atoms with Gasteiger partial charge in [-0.2, -0.15) is 0 Å². The van der Waals surface area contributed by atoms with Crippen LogP contribution in [-0.2, 0) is 9.59 Å². The van der Waals surface area contributed by atoms with Gasteiger partial charge in [0.1, 0.15) is 6.54 Å². The molecule has 3 aliphatic carbocycles. The van der Waals surface area contributed by atoms with Gasteiger partial charge in [0.05, 0.1) is 0 Å². The van der Waals surface area contributed by atoms with Crippen molar-refractivity contribution in [2.75, 3.05) is 11.9 Å². The predicted octanol–water partition coefficient (Wildman–Crippen LogP) is 1.73. The molecule has 6 nitrogen and oxygen atoms in total. The molecule has 0 heterocycles. The van der Waals surface area contributed by atoms with Gasteiger partial charge in [-0.15, -0.1) is 0 Å². The third-order valence-corrected chi connectivity index (χ3v) is 5.85. The number of hydrogen-bond donors (Lipinski definition) is 3. The average Bonchev–Trinajstić information content (AvgIpc) is 3.17. The first-order chi connectivity index (χ1) is 11.5. The van der Waals surface area contributed by atoms with Gasteiger partial charge in [0.15, 0.2) is 0 Å². The van der Waals surface area contributed by atoms with Crippen LogP contribution in [0.5, 0.6) is 0 Å². The second-order valence-electron chi connectivity index (χ2n) is 7.21. The summed E-state index contributed by atoms with van der Waals surface area (Å²) in [7, 11) is 0. The Kier molecular flexibility index (Phi) is 3.55. The fourth-order valence-electron chi connectivity index (χ4n) is 4.70. The minimum atomic E-state index is -1.09. The number of rotatable bonds is 5. The molecule has 3 N–H and O–H groups in total. The SMILES string of the molecule is O=C(O)CNC(=O)c1ccc(NC(=O)C2CC3CC2C2CC32)cc1. The van der Waals surface area contributed by atoms with Crippen LogP contribution in [0.3, 0.4) is 0 Å². The van der Waals surface area contributed by atoms with E-state index < -0.39 is 18.4 Å². The summed E-state index contributed by atoms with van der Waals surface area (Å²) >= 11 is 0.